The Morgan fingerprint density at radius 1 is 0.283 bits per heavy atom. The Labute approximate surface area is 660 Å². The van der Waals surface area contributed by atoms with Crippen LogP contribution in [0.3, 0.4) is 0 Å². The van der Waals surface area contributed by atoms with Crippen molar-refractivity contribution in [2.75, 3.05) is 117 Å². The fourth-order valence-electron chi connectivity index (χ4n) is 16.9. The lowest BCUT2D eigenvalue weighted by atomic mass is 9.98. The maximum atomic E-state index is 12.2. The standard InChI is InChI=1S/C22H25N3O.C20H20N2O.C19H18N2O.C17H23N3O2.C16H21N3O/c1-17-21(19-9-5-6-10-20(19)22(26)23-17)16-25-13-11-24(12-14-25)15-18-7-3-2-4-8-18;1-14-19(17-8-4-5-9-18(17)20(23)21-14)13-22-11-10-15-6-2-3-7-16(15)12-22;1-13-17(15-7-3-4-8-16(15)19(22)20-13)12-21-11-10-14-6-2-5-9-18(14)21;1-13-16(12-20-8-6-19(7-9-20)10-11-21)14-4-2-3-5-15(14)17(22)18-13;1-12-15(11-19-9-7-18(2)8-10-19)13-5-3-4-6-14(13)16(20)17-12/h2-10H,11-16H2,1H3,(H,23,26);2-9H,10-13H2,1H3,(H,21,23);2-9H,10-12H2,1H3,(H,20,22);2-5,21H,6-12H2,1H3,(H,18,22);3-6H,7-11H2,1-2H3,(H,17,20). The Morgan fingerprint density at radius 2 is 0.575 bits per heavy atom. The molecule has 584 valence electrons. The first kappa shape index (κ1) is 79.0. The van der Waals surface area contributed by atoms with E-state index in [1.165, 1.54) is 55.8 Å². The third kappa shape index (κ3) is 19.0. The minimum absolute atomic E-state index is 0.00123. The molecule has 0 radical (unpaired) electrons. The molecule has 10 heterocycles. The summed E-state index contributed by atoms with van der Waals surface area (Å²) < 4.78 is 0. The van der Waals surface area contributed by atoms with E-state index in [0.717, 1.165) is 239 Å². The number of piperazine rings is 3. The van der Waals surface area contributed by atoms with E-state index in [1.807, 2.05) is 132 Å². The number of aromatic amines is 5. The van der Waals surface area contributed by atoms with Crippen molar-refractivity contribution in [2.45, 2.75) is 93.3 Å². The normalized spacial score (nSPS) is 15.9. The van der Waals surface area contributed by atoms with Crippen LogP contribution in [-0.2, 0) is 58.7 Å². The molecule has 0 bridgehead atoms. The number of hydrogen-bond donors (Lipinski definition) is 6. The van der Waals surface area contributed by atoms with Crippen molar-refractivity contribution in [1.82, 2.24) is 59.2 Å². The molecule has 0 atom stereocenters. The van der Waals surface area contributed by atoms with Gasteiger partial charge in [0.1, 0.15) is 0 Å². The number of aromatic nitrogens is 5. The van der Waals surface area contributed by atoms with Gasteiger partial charge in [-0.3, -0.25) is 53.4 Å². The first-order chi connectivity index (χ1) is 55.0. The fourth-order valence-corrected chi connectivity index (χ4v) is 16.9. The van der Waals surface area contributed by atoms with Crippen LogP contribution in [0, 0.1) is 34.6 Å². The molecule has 19 heteroatoms. The van der Waals surface area contributed by atoms with Crippen LogP contribution >= 0.6 is 0 Å². The van der Waals surface area contributed by atoms with Gasteiger partial charge in [0.15, 0.2) is 0 Å². The maximum Gasteiger partial charge on any atom is 0.256 e. The highest BCUT2D eigenvalue weighted by Crippen LogP contribution is 2.32. The van der Waals surface area contributed by atoms with Crippen LogP contribution in [0.2, 0.25) is 0 Å². The quantitative estimate of drug-likeness (QED) is 0.0598. The largest absolute Gasteiger partial charge is 0.395 e. The van der Waals surface area contributed by atoms with Gasteiger partial charge in [-0.15, -0.1) is 0 Å². The summed E-state index contributed by atoms with van der Waals surface area (Å²) in [5, 5.41) is 18.3. The number of aliphatic hydroxyl groups is 1. The van der Waals surface area contributed by atoms with Gasteiger partial charge in [-0.2, -0.15) is 0 Å². The highest BCUT2D eigenvalue weighted by Gasteiger charge is 2.25. The van der Waals surface area contributed by atoms with E-state index < -0.39 is 0 Å². The van der Waals surface area contributed by atoms with Crippen molar-refractivity contribution < 1.29 is 5.11 Å². The summed E-state index contributed by atoms with van der Waals surface area (Å²) in [5.41, 5.74) is 18.1. The van der Waals surface area contributed by atoms with Crippen LogP contribution in [0.25, 0.3) is 53.9 Å². The van der Waals surface area contributed by atoms with Gasteiger partial charge in [-0.1, -0.05) is 164 Å². The molecule has 19 nitrogen and oxygen atoms in total. The minimum Gasteiger partial charge on any atom is -0.395 e. The number of aryl methyl sites for hydroxylation is 5. The summed E-state index contributed by atoms with van der Waals surface area (Å²) in [6.45, 7) is 32.0. The number of rotatable bonds is 14. The van der Waals surface area contributed by atoms with Gasteiger partial charge in [-0.05, 0) is 168 Å². The second-order valence-electron chi connectivity index (χ2n) is 31.0. The molecule has 5 aromatic heterocycles. The third-order valence-electron chi connectivity index (χ3n) is 23.5. The fraction of sp³-hybridized carbons (Fsp3) is 0.330. The molecule has 0 unspecified atom stereocenters. The number of nitrogens with one attached hydrogen (secondary N) is 5. The Kier molecular flexibility index (Phi) is 25.7. The highest BCUT2D eigenvalue weighted by molar-refractivity contribution is 5.89. The number of anilines is 1. The molecule has 13 aromatic rings. The summed E-state index contributed by atoms with van der Waals surface area (Å²) in [6, 6.07) is 67.3. The van der Waals surface area contributed by atoms with Crippen molar-refractivity contribution in [2.24, 2.45) is 0 Å². The van der Waals surface area contributed by atoms with Crippen molar-refractivity contribution >= 4 is 59.5 Å². The zero-order chi connectivity index (χ0) is 78.5. The van der Waals surface area contributed by atoms with Gasteiger partial charge >= 0.3 is 0 Å². The number of likely N-dealkylation sites (N-methyl/N-ethyl adjacent to an activating group) is 1. The Morgan fingerprint density at radius 3 is 0.965 bits per heavy atom. The highest BCUT2D eigenvalue weighted by atomic mass is 16.3. The molecule has 6 N–H and O–H groups in total. The average Bonchev–Trinajstić information content (AvgIpc) is 1.30. The lowest BCUT2D eigenvalue weighted by molar-refractivity contribution is 0.108. The SMILES string of the molecule is Cc1[nH]c(=O)c2ccccc2c1CN1CCN(C)CC1.Cc1[nH]c(=O)c2ccccc2c1CN1CCN(CCO)CC1.Cc1[nH]c(=O)c2ccccc2c1CN1CCN(Cc2ccccc2)CC1.Cc1[nH]c(=O)c2ccccc2c1CN1CCc2ccccc21.Cc1[nH]c(=O)c2ccccc2c1CN1CCc2ccccc2C1. The molecule has 18 rings (SSSR count). The molecular formula is C94H107N13O6. The number of β-amino-alcohol motifs (C(OH)–C–C–N with tert-alkyl or cyclic N) is 1. The Hall–Kier alpha value is -10.7. The number of benzene rings is 8. The van der Waals surface area contributed by atoms with Crippen LogP contribution in [0.1, 0.15) is 78.5 Å². The van der Waals surface area contributed by atoms with Gasteiger partial charge in [0.2, 0.25) is 0 Å². The van der Waals surface area contributed by atoms with Crippen LogP contribution in [0.4, 0.5) is 5.69 Å². The zero-order valence-electron chi connectivity index (χ0n) is 66.3. The Bertz CT molecular complexity index is 5790. The molecule has 0 amide bonds. The van der Waals surface area contributed by atoms with Crippen molar-refractivity contribution in [3.63, 3.8) is 0 Å². The molecule has 5 aliphatic heterocycles. The average molecular weight is 1510 g/mol. The Balaban J connectivity index is 0.000000117. The van der Waals surface area contributed by atoms with Gasteiger partial charge in [-0.25, -0.2) is 0 Å². The van der Waals surface area contributed by atoms with Crippen LogP contribution < -0.4 is 32.7 Å². The third-order valence-corrected chi connectivity index (χ3v) is 23.5. The summed E-state index contributed by atoms with van der Waals surface area (Å²) in [4.78, 5) is 94.9. The summed E-state index contributed by atoms with van der Waals surface area (Å²) in [6.07, 6.45) is 2.19. The monoisotopic (exact) mass is 1510 g/mol. The molecule has 3 fully saturated rings. The lowest BCUT2D eigenvalue weighted by Gasteiger charge is -2.35. The van der Waals surface area contributed by atoms with Crippen molar-refractivity contribution in [3.8, 4) is 0 Å². The maximum absolute atomic E-state index is 12.2. The first-order valence-electron chi connectivity index (χ1n) is 40.1. The summed E-state index contributed by atoms with van der Waals surface area (Å²) in [5.74, 6) is 0. The van der Waals surface area contributed by atoms with Gasteiger partial charge in [0, 0.05) is 205 Å². The second-order valence-corrected chi connectivity index (χ2v) is 31.0. The van der Waals surface area contributed by atoms with Gasteiger partial charge < -0.3 is 39.8 Å². The molecule has 8 aromatic carbocycles. The van der Waals surface area contributed by atoms with Crippen molar-refractivity contribution in [1.29, 1.82) is 0 Å². The van der Waals surface area contributed by atoms with Crippen LogP contribution in [0.15, 0.2) is 224 Å². The number of fused-ring (bicyclic) bond motifs is 7. The molecule has 0 saturated carbocycles. The van der Waals surface area contributed by atoms with E-state index in [1.54, 1.807) is 0 Å². The van der Waals surface area contributed by atoms with Crippen LogP contribution in [0.5, 0.6) is 0 Å². The number of para-hydroxylation sites is 1. The number of hydrogen-bond acceptors (Lipinski definition) is 14. The number of nitrogens with zero attached hydrogens (tertiary/aromatic N) is 8. The van der Waals surface area contributed by atoms with E-state index in [-0.39, 0.29) is 34.4 Å². The van der Waals surface area contributed by atoms with Crippen molar-refractivity contribution in [3.05, 3.63) is 330 Å². The van der Waals surface area contributed by atoms with E-state index in [9.17, 15) is 24.0 Å². The molecule has 113 heavy (non-hydrogen) atoms. The van der Waals surface area contributed by atoms with E-state index in [2.05, 4.69) is 174 Å². The van der Waals surface area contributed by atoms with Gasteiger partial charge in [0.05, 0.1) is 6.61 Å². The predicted molar refractivity (Wildman–Crippen MR) is 461 cm³/mol. The first-order valence-corrected chi connectivity index (χ1v) is 40.1. The topological polar surface area (TPSA) is 210 Å². The number of H-pyrrole nitrogens is 5. The predicted octanol–water partition coefficient (Wildman–Crippen LogP) is 12.5. The van der Waals surface area contributed by atoms with E-state index in [0.29, 0.717) is 0 Å². The molecule has 0 spiro atoms. The molecule has 3 saturated heterocycles. The van der Waals surface area contributed by atoms with E-state index >= 15 is 0 Å². The molecular weight excluding hydrogens is 1410 g/mol. The summed E-state index contributed by atoms with van der Waals surface area (Å²) in [7, 11) is 2.16. The summed E-state index contributed by atoms with van der Waals surface area (Å²) >= 11 is 0. The number of aliphatic hydroxyl groups excluding tert-OH is 1. The smallest absolute Gasteiger partial charge is 0.256 e. The molecule has 0 aliphatic carbocycles. The zero-order valence-corrected chi connectivity index (χ0v) is 66.3. The van der Waals surface area contributed by atoms with Gasteiger partial charge in [0.25, 0.3) is 27.8 Å². The van der Waals surface area contributed by atoms with E-state index in [4.69, 9.17) is 5.11 Å². The van der Waals surface area contributed by atoms with Crippen LogP contribution in [-0.4, -0.2) is 176 Å². The number of pyridine rings is 5. The lowest BCUT2D eigenvalue weighted by Crippen LogP contribution is -2.46. The molecule has 5 aliphatic rings. The second kappa shape index (κ2) is 36.8. The minimum atomic E-state index is -0.00962.